The number of benzene rings is 1. The first-order chi connectivity index (χ1) is 9.83. The van der Waals surface area contributed by atoms with Crippen molar-refractivity contribution in [3.63, 3.8) is 0 Å². The van der Waals surface area contributed by atoms with Gasteiger partial charge in [0.2, 0.25) is 0 Å². The number of aromatic nitrogens is 3. The van der Waals surface area contributed by atoms with Crippen LogP contribution in [0.15, 0.2) is 55.1 Å². The Bertz CT molecular complexity index is 681. The van der Waals surface area contributed by atoms with Crippen LogP contribution in [0.4, 0.5) is 0 Å². The first-order valence-electron chi connectivity index (χ1n) is 6.14. The minimum absolute atomic E-state index is 0.440. The van der Waals surface area contributed by atoms with Gasteiger partial charge in [-0.15, -0.1) is 0 Å². The zero-order valence-electron chi connectivity index (χ0n) is 10.6. The summed E-state index contributed by atoms with van der Waals surface area (Å²) >= 11 is 5.76. The average molecular weight is 286 g/mol. The van der Waals surface area contributed by atoms with Crippen LogP contribution in [0.25, 0.3) is 11.3 Å². The molecule has 0 amide bonds. The highest BCUT2D eigenvalue weighted by Gasteiger charge is 2.07. The Morgan fingerprint density at radius 1 is 1.10 bits per heavy atom. The van der Waals surface area contributed by atoms with Crippen LogP contribution in [0, 0.1) is 0 Å². The van der Waals surface area contributed by atoms with E-state index in [0.717, 1.165) is 22.6 Å². The van der Waals surface area contributed by atoms with E-state index in [2.05, 4.69) is 15.0 Å². The number of hydrogen-bond acceptors (Lipinski definition) is 3. The average Bonchev–Trinajstić information content (AvgIpc) is 3.01. The van der Waals surface area contributed by atoms with Gasteiger partial charge in [0, 0.05) is 17.3 Å². The van der Waals surface area contributed by atoms with Crippen LogP contribution in [0.5, 0.6) is 5.75 Å². The van der Waals surface area contributed by atoms with E-state index in [1.54, 1.807) is 24.8 Å². The maximum atomic E-state index is 5.86. The molecule has 2 aromatic heterocycles. The molecule has 0 aliphatic heterocycles. The lowest BCUT2D eigenvalue weighted by molar-refractivity contribution is 0.307. The molecular weight excluding hydrogens is 274 g/mol. The molecule has 0 spiro atoms. The van der Waals surface area contributed by atoms with E-state index in [9.17, 15) is 0 Å². The summed E-state index contributed by atoms with van der Waals surface area (Å²) in [6.45, 7) is 0.440. The summed E-state index contributed by atoms with van der Waals surface area (Å²) in [6.07, 6.45) is 5.13. The van der Waals surface area contributed by atoms with Crippen molar-refractivity contribution in [1.82, 2.24) is 15.0 Å². The number of rotatable bonds is 4. The molecule has 0 atom stereocenters. The zero-order chi connectivity index (χ0) is 13.8. The second kappa shape index (κ2) is 5.75. The lowest BCUT2D eigenvalue weighted by Gasteiger charge is -2.10. The maximum absolute atomic E-state index is 5.86. The Morgan fingerprint density at radius 3 is 2.75 bits per heavy atom. The SMILES string of the molecule is Clc1ccc(COc2ccccc2-c2cnc[nH]2)cn1. The number of para-hydroxylation sites is 1. The van der Waals surface area contributed by atoms with E-state index in [1.807, 2.05) is 30.3 Å². The zero-order valence-corrected chi connectivity index (χ0v) is 11.3. The molecule has 0 saturated heterocycles. The Labute approximate surface area is 121 Å². The first kappa shape index (κ1) is 12.7. The van der Waals surface area contributed by atoms with Crippen LogP contribution in [-0.4, -0.2) is 15.0 Å². The van der Waals surface area contributed by atoms with Crippen molar-refractivity contribution in [2.45, 2.75) is 6.61 Å². The molecule has 0 aliphatic rings. The predicted molar refractivity (Wildman–Crippen MR) is 77.6 cm³/mol. The fraction of sp³-hybridized carbons (Fsp3) is 0.0667. The molecule has 0 aliphatic carbocycles. The number of hydrogen-bond donors (Lipinski definition) is 1. The molecule has 2 heterocycles. The number of ether oxygens (including phenoxy) is 1. The molecule has 20 heavy (non-hydrogen) atoms. The number of imidazole rings is 1. The normalized spacial score (nSPS) is 10.4. The van der Waals surface area contributed by atoms with Crippen molar-refractivity contribution in [3.05, 3.63) is 65.8 Å². The molecule has 100 valence electrons. The Morgan fingerprint density at radius 2 is 2.00 bits per heavy atom. The topological polar surface area (TPSA) is 50.8 Å². The predicted octanol–water partition coefficient (Wildman–Crippen LogP) is 3.70. The summed E-state index contributed by atoms with van der Waals surface area (Å²) in [4.78, 5) is 11.1. The van der Waals surface area contributed by atoms with Crippen LogP contribution in [-0.2, 0) is 6.61 Å². The third-order valence-electron chi connectivity index (χ3n) is 2.86. The quantitative estimate of drug-likeness (QED) is 0.744. The molecule has 0 fully saturated rings. The molecule has 3 aromatic rings. The van der Waals surface area contributed by atoms with Gasteiger partial charge in [0.15, 0.2) is 0 Å². The van der Waals surface area contributed by atoms with Crippen molar-refractivity contribution in [2.75, 3.05) is 0 Å². The number of halogens is 1. The highest BCUT2D eigenvalue weighted by atomic mass is 35.5. The van der Waals surface area contributed by atoms with Gasteiger partial charge in [-0.1, -0.05) is 29.8 Å². The fourth-order valence-electron chi connectivity index (χ4n) is 1.87. The van der Waals surface area contributed by atoms with Gasteiger partial charge in [-0.05, 0) is 18.2 Å². The van der Waals surface area contributed by atoms with Gasteiger partial charge in [-0.3, -0.25) is 0 Å². The van der Waals surface area contributed by atoms with Crippen molar-refractivity contribution in [3.8, 4) is 17.0 Å². The molecule has 0 radical (unpaired) electrons. The summed E-state index contributed by atoms with van der Waals surface area (Å²) in [5.41, 5.74) is 2.87. The number of H-pyrrole nitrogens is 1. The Hall–Kier alpha value is -2.33. The van der Waals surface area contributed by atoms with Crippen molar-refractivity contribution in [1.29, 1.82) is 0 Å². The number of aromatic amines is 1. The fourth-order valence-corrected chi connectivity index (χ4v) is 1.98. The number of nitrogens with one attached hydrogen (secondary N) is 1. The summed E-state index contributed by atoms with van der Waals surface area (Å²) in [5, 5.41) is 0.478. The van der Waals surface area contributed by atoms with Crippen LogP contribution in [0.2, 0.25) is 5.15 Å². The van der Waals surface area contributed by atoms with Gasteiger partial charge < -0.3 is 9.72 Å². The molecule has 5 heteroatoms. The third-order valence-corrected chi connectivity index (χ3v) is 3.08. The van der Waals surface area contributed by atoms with Crippen LogP contribution in [0.1, 0.15) is 5.56 Å². The van der Waals surface area contributed by atoms with E-state index < -0.39 is 0 Å². The van der Waals surface area contributed by atoms with E-state index in [0.29, 0.717) is 11.8 Å². The van der Waals surface area contributed by atoms with Gasteiger partial charge >= 0.3 is 0 Å². The van der Waals surface area contributed by atoms with E-state index in [-0.39, 0.29) is 0 Å². The van der Waals surface area contributed by atoms with Gasteiger partial charge in [0.25, 0.3) is 0 Å². The van der Waals surface area contributed by atoms with E-state index in [1.165, 1.54) is 0 Å². The minimum Gasteiger partial charge on any atom is -0.488 e. The van der Waals surface area contributed by atoms with Crippen molar-refractivity contribution in [2.24, 2.45) is 0 Å². The molecule has 0 unspecified atom stereocenters. The lowest BCUT2D eigenvalue weighted by atomic mass is 10.1. The molecule has 3 rings (SSSR count). The monoisotopic (exact) mass is 285 g/mol. The van der Waals surface area contributed by atoms with E-state index in [4.69, 9.17) is 16.3 Å². The second-order valence-electron chi connectivity index (χ2n) is 4.24. The smallest absolute Gasteiger partial charge is 0.129 e. The summed E-state index contributed by atoms with van der Waals surface area (Å²) in [6, 6.07) is 11.5. The second-order valence-corrected chi connectivity index (χ2v) is 4.63. The summed E-state index contributed by atoms with van der Waals surface area (Å²) < 4.78 is 5.86. The van der Waals surface area contributed by atoms with Gasteiger partial charge in [0.05, 0.1) is 18.2 Å². The molecule has 1 N–H and O–H groups in total. The number of nitrogens with zero attached hydrogens (tertiary/aromatic N) is 2. The largest absolute Gasteiger partial charge is 0.488 e. The number of pyridine rings is 1. The highest BCUT2D eigenvalue weighted by Crippen LogP contribution is 2.28. The van der Waals surface area contributed by atoms with Crippen LogP contribution < -0.4 is 4.74 Å². The molecule has 0 bridgehead atoms. The van der Waals surface area contributed by atoms with Crippen molar-refractivity contribution >= 4 is 11.6 Å². The molecule has 1 aromatic carbocycles. The minimum atomic E-state index is 0.440. The molecule has 0 saturated carbocycles. The van der Waals surface area contributed by atoms with Gasteiger partial charge in [0.1, 0.15) is 17.5 Å². The molecular formula is C15H12ClN3O. The highest BCUT2D eigenvalue weighted by molar-refractivity contribution is 6.29. The van der Waals surface area contributed by atoms with E-state index >= 15 is 0 Å². The lowest BCUT2D eigenvalue weighted by Crippen LogP contribution is -1.97. The summed E-state index contributed by atoms with van der Waals surface area (Å²) in [5.74, 6) is 0.798. The first-order valence-corrected chi connectivity index (χ1v) is 6.52. The third kappa shape index (κ3) is 2.81. The summed E-state index contributed by atoms with van der Waals surface area (Å²) in [7, 11) is 0. The maximum Gasteiger partial charge on any atom is 0.129 e. The Balaban J connectivity index is 1.79. The Kier molecular flexibility index (Phi) is 3.65. The standard InChI is InChI=1S/C15H12ClN3O/c16-15-6-5-11(7-18-15)9-20-14-4-2-1-3-12(14)13-8-17-10-19-13/h1-8,10H,9H2,(H,17,19). The van der Waals surface area contributed by atoms with Crippen molar-refractivity contribution < 1.29 is 4.74 Å². The van der Waals surface area contributed by atoms with Gasteiger partial charge in [-0.25, -0.2) is 9.97 Å². The van der Waals surface area contributed by atoms with Crippen LogP contribution in [0.3, 0.4) is 0 Å². The van der Waals surface area contributed by atoms with Crippen LogP contribution >= 0.6 is 11.6 Å². The molecule has 4 nitrogen and oxygen atoms in total. The van der Waals surface area contributed by atoms with Gasteiger partial charge in [-0.2, -0.15) is 0 Å².